The van der Waals surface area contributed by atoms with Crippen molar-refractivity contribution in [2.45, 2.75) is 18.3 Å². The summed E-state index contributed by atoms with van der Waals surface area (Å²) in [6.45, 7) is 0.836. The standard InChI is InChI=1S/C16H15N3/c17-11-13-5-4-10-18-15(13)19-12-16(8-9-16)14-6-2-1-3-7-14/h1-7,10H,8-9,12H2,(H,18,19). The Morgan fingerprint density at radius 1 is 1.16 bits per heavy atom. The number of nitrogens with zero attached hydrogens (tertiary/aromatic N) is 2. The van der Waals surface area contributed by atoms with Gasteiger partial charge in [-0.3, -0.25) is 0 Å². The highest BCUT2D eigenvalue weighted by Gasteiger charge is 2.43. The van der Waals surface area contributed by atoms with E-state index in [2.05, 4.69) is 40.6 Å². The van der Waals surface area contributed by atoms with Gasteiger partial charge < -0.3 is 5.32 Å². The molecule has 3 rings (SSSR count). The monoisotopic (exact) mass is 249 g/mol. The molecule has 19 heavy (non-hydrogen) atoms. The number of hydrogen-bond acceptors (Lipinski definition) is 3. The molecule has 3 nitrogen and oxygen atoms in total. The summed E-state index contributed by atoms with van der Waals surface area (Å²) < 4.78 is 0. The Morgan fingerprint density at radius 2 is 1.95 bits per heavy atom. The van der Waals surface area contributed by atoms with Gasteiger partial charge in [-0.15, -0.1) is 0 Å². The number of anilines is 1. The van der Waals surface area contributed by atoms with E-state index in [1.165, 1.54) is 18.4 Å². The Bertz CT molecular complexity index is 609. The molecule has 0 atom stereocenters. The Morgan fingerprint density at radius 3 is 2.63 bits per heavy atom. The van der Waals surface area contributed by atoms with Gasteiger partial charge in [-0.2, -0.15) is 5.26 Å². The van der Waals surface area contributed by atoms with Crippen molar-refractivity contribution in [1.82, 2.24) is 4.98 Å². The number of aromatic nitrogens is 1. The fourth-order valence-electron chi connectivity index (χ4n) is 2.40. The molecule has 1 aromatic heterocycles. The maximum Gasteiger partial charge on any atom is 0.143 e. The lowest BCUT2D eigenvalue weighted by atomic mass is 9.96. The van der Waals surface area contributed by atoms with E-state index < -0.39 is 0 Å². The molecule has 1 aliphatic carbocycles. The van der Waals surface area contributed by atoms with E-state index in [1.807, 2.05) is 6.07 Å². The van der Waals surface area contributed by atoms with Crippen LogP contribution in [0.4, 0.5) is 5.82 Å². The number of pyridine rings is 1. The highest BCUT2D eigenvalue weighted by Crippen LogP contribution is 2.48. The zero-order valence-electron chi connectivity index (χ0n) is 10.6. The first-order valence-corrected chi connectivity index (χ1v) is 6.49. The largest absolute Gasteiger partial charge is 0.368 e. The van der Waals surface area contributed by atoms with Crippen LogP contribution in [0.2, 0.25) is 0 Å². The Balaban J connectivity index is 1.75. The van der Waals surface area contributed by atoms with Crippen LogP contribution in [0.5, 0.6) is 0 Å². The first-order valence-electron chi connectivity index (χ1n) is 6.49. The molecule has 1 heterocycles. The van der Waals surface area contributed by atoms with Gasteiger partial charge in [-0.1, -0.05) is 30.3 Å². The maximum absolute atomic E-state index is 9.05. The molecule has 3 heteroatoms. The molecule has 1 saturated carbocycles. The zero-order chi connectivity index (χ0) is 13.1. The van der Waals surface area contributed by atoms with E-state index in [0.29, 0.717) is 11.4 Å². The fraction of sp³-hybridized carbons (Fsp3) is 0.250. The Labute approximate surface area is 112 Å². The van der Waals surface area contributed by atoms with E-state index in [9.17, 15) is 0 Å². The first-order chi connectivity index (χ1) is 9.34. The van der Waals surface area contributed by atoms with Gasteiger partial charge in [-0.05, 0) is 30.5 Å². The summed E-state index contributed by atoms with van der Waals surface area (Å²) in [5.41, 5.74) is 2.20. The topological polar surface area (TPSA) is 48.7 Å². The van der Waals surface area contributed by atoms with Crippen LogP contribution in [0.25, 0.3) is 0 Å². The molecule has 0 bridgehead atoms. The van der Waals surface area contributed by atoms with Gasteiger partial charge in [0.2, 0.25) is 0 Å². The number of benzene rings is 1. The minimum Gasteiger partial charge on any atom is -0.368 e. The van der Waals surface area contributed by atoms with Gasteiger partial charge in [-0.25, -0.2) is 4.98 Å². The maximum atomic E-state index is 9.05. The van der Waals surface area contributed by atoms with E-state index in [0.717, 1.165) is 6.54 Å². The molecule has 94 valence electrons. The van der Waals surface area contributed by atoms with Gasteiger partial charge in [0.15, 0.2) is 0 Å². The molecule has 0 spiro atoms. The van der Waals surface area contributed by atoms with E-state index >= 15 is 0 Å². The SMILES string of the molecule is N#Cc1cccnc1NCC1(c2ccccc2)CC1. The van der Waals surface area contributed by atoms with Crippen LogP contribution in [0.3, 0.4) is 0 Å². The third-order valence-electron chi connectivity index (χ3n) is 3.76. The predicted octanol–water partition coefficient (Wildman–Crippen LogP) is 3.10. The van der Waals surface area contributed by atoms with Gasteiger partial charge >= 0.3 is 0 Å². The van der Waals surface area contributed by atoms with Crippen molar-refractivity contribution in [3.63, 3.8) is 0 Å². The number of nitrogens with one attached hydrogen (secondary N) is 1. The average Bonchev–Trinajstić information content (AvgIpc) is 3.27. The second kappa shape index (κ2) is 4.74. The molecule has 1 fully saturated rings. The van der Waals surface area contributed by atoms with E-state index in [-0.39, 0.29) is 5.41 Å². The van der Waals surface area contributed by atoms with Crippen LogP contribution in [-0.4, -0.2) is 11.5 Å². The zero-order valence-corrected chi connectivity index (χ0v) is 10.6. The summed E-state index contributed by atoms with van der Waals surface area (Å²) >= 11 is 0. The van der Waals surface area contributed by atoms with Gasteiger partial charge in [0.05, 0.1) is 5.56 Å². The second-order valence-corrected chi connectivity index (χ2v) is 5.01. The summed E-state index contributed by atoms with van der Waals surface area (Å²) in [6.07, 6.45) is 4.10. The van der Waals surface area contributed by atoms with Crippen molar-refractivity contribution < 1.29 is 0 Å². The third kappa shape index (κ3) is 2.30. The van der Waals surface area contributed by atoms with Crippen LogP contribution >= 0.6 is 0 Å². The Kier molecular flexibility index (Phi) is 2.92. The lowest BCUT2D eigenvalue weighted by Gasteiger charge is -2.17. The van der Waals surface area contributed by atoms with Crippen molar-refractivity contribution in [2.24, 2.45) is 0 Å². The van der Waals surface area contributed by atoms with Crippen LogP contribution in [0, 0.1) is 11.3 Å². The Hall–Kier alpha value is -2.34. The van der Waals surface area contributed by atoms with Crippen LogP contribution in [0.1, 0.15) is 24.0 Å². The predicted molar refractivity (Wildman–Crippen MR) is 74.8 cm³/mol. The van der Waals surface area contributed by atoms with Crippen molar-refractivity contribution in [1.29, 1.82) is 5.26 Å². The summed E-state index contributed by atoms with van der Waals surface area (Å²) in [6, 6.07) is 16.3. The second-order valence-electron chi connectivity index (χ2n) is 5.01. The quantitative estimate of drug-likeness (QED) is 0.905. The average molecular weight is 249 g/mol. The van der Waals surface area contributed by atoms with E-state index in [1.54, 1.807) is 18.3 Å². The molecule has 1 aliphatic rings. The normalized spacial score (nSPS) is 15.5. The number of hydrogen-bond donors (Lipinski definition) is 1. The molecule has 2 aromatic rings. The lowest BCUT2D eigenvalue weighted by Crippen LogP contribution is -2.20. The summed E-state index contributed by atoms with van der Waals surface area (Å²) in [5, 5.41) is 12.4. The van der Waals surface area contributed by atoms with Crippen molar-refractivity contribution in [3.8, 4) is 6.07 Å². The summed E-state index contributed by atoms with van der Waals surface area (Å²) in [4.78, 5) is 4.24. The fourth-order valence-corrected chi connectivity index (χ4v) is 2.40. The number of nitriles is 1. The van der Waals surface area contributed by atoms with E-state index in [4.69, 9.17) is 5.26 Å². The van der Waals surface area contributed by atoms with Crippen molar-refractivity contribution in [2.75, 3.05) is 11.9 Å². The van der Waals surface area contributed by atoms with Crippen molar-refractivity contribution >= 4 is 5.82 Å². The smallest absolute Gasteiger partial charge is 0.143 e. The minimum absolute atomic E-state index is 0.228. The van der Waals surface area contributed by atoms with Crippen LogP contribution in [0.15, 0.2) is 48.7 Å². The highest BCUT2D eigenvalue weighted by molar-refractivity contribution is 5.52. The minimum atomic E-state index is 0.228. The van der Waals surface area contributed by atoms with Gasteiger partial charge in [0, 0.05) is 18.2 Å². The molecule has 0 saturated heterocycles. The number of rotatable bonds is 4. The lowest BCUT2D eigenvalue weighted by molar-refractivity contribution is 0.730. The molecule has 0 amide bonds. The molecule has 1 aromatic carbocycles. The molecule has 0 radical (unpaired) electrons. The first kappa shape index (κ1) is 11.7. The molecular formula is C16H15N3. The summed E-state index contributed by atoms with van der Waals surface area (Å²) in [7, 11) is 0. The molecular weight excluding hydrogens is 234 g/mol. The molecule has 0 aliphatic heterocycles. The van der Waals surface area contributed by atoms with Gasteiger partial charge in [0.25, 0.3) is 0 Å². The van der Waals surface area contributed by atoms with Crippen molar-refractivity contribution in [3.05, 3.63) is 59.8 Å². The van der Waals surface area contributed by atoms with Crippen LogP contribution in [-0.2, 0) is 5.41 Å². The highest BCUT2D eigenvalue weighted by atomic mass is 15.0. The van der Waals surface area contributed by atoms with Gasteiger partial charge in [0.1, 0.15) is 11.9 Å². The van der Waals surface area contributed by atoms with Crippen LogP contribution < -0.4 is 5.32 Å². The molecule has 0 unspecified atom stereocenters. The summed E-state index contributed by atoms with van der Waals surface area (Å²) in [5.74, 6) is 0.687. The third-order valence-corrected chi connectivity index (χ3v) is 3.76. The molecule has 1 N–H and O–H groups in total.